The third-order valence-corrected chi connectivity index (χ3v) is 5.24. The van der Waals surface area contributed by atoms with Crippen molar-refractivity contribution in [2.24, 2.45) is 0 Å². The van der Waals surface area contributed by atoms with Gasteiger partial charge in [0.1, 0.15) is 0 Å². The van der Waals surface area contributed by atoms with Crippen LogP contribution in [-0.2, 0) is 10.2 Å². The minimum Gasteiger partial charge on any atom is -0.411 e. The molecule has 1 aliphatic heterocycles. The quantitative estimate of drug-likeness (QED) is 0.768. The normalized spacial score (nSPS) is 15.4. The molecule has 6 heteroatoms. The Hall–Kier alpha value is -1.82. The number of carbonyl (C=O) groups excluding carboxylic acids is 1. The van der Waals surface area contributed by atoms with Crippen LogP contribution in [0.2, 0.25) is 0 Å². The van der Waals surface area contributed by atoms with Crippen molar-refractivity contribution in [3.8, 4) is 11.5 Å². The molecule has 25 heavy (non-hydrogen) atoms. The Morgan fingerprint density at radius 3 is 2.44 bits per heavy atom. The highest BCUT2D eigenvalue weighted by Crippen LogP contribution is 2.27. The lowest BCUT2D eigenvalue weighted by atomic mass is 9.87. The maximum Gasteiger partial charge on any atom is 0.277 e. The Morgan fingerprint density at radius 2 is 1.80 bits per heavy atom. The van der Waals surface area contributed by atoms with Gasteiger partial charge in [-0.15, -0.1) is 10.2 Å². The lowest BCUT2D eigenvalue weighted by molar-refractivity contribution is -0.129. The first-order valence-corrected chi connectivity index (χ1v) is 9.77. The number of nitrogens with zero attached hydrogens (tertiary/aromatic N) is 3. The topological polar surface area (TPSA) is 59.2 Å². The number of thioether (sulfide) groups is 1. The summed E-state index contributed by atoms with van der Waals surface area (Å²) in [6.07, 6.45) is 3.43. The number of benzene rings is 1. The molecular weight excluding hydrogens is 334 g/mol. The Bertz CT molecular complexity index is 713. The maximum atomic E-state index is 12.2. The van der Waals surface area contributed by atoms with Gasteiger partial charge in [0, 0.05) is 18.7 Å². The Morgan fingerprint density at radius 1 is 1.12 bits per heavy atom. The van der Waals surface area contributed by atoms with Gasteiger partial charge in [0.2, 0.25) is 11.8 Å². The van der Waals surface area contributed by atoms with Gasteiger partial charge in [0.15, 0.2) is 0 Å². The van der Waals surface area contributed by atoms with E-state index in [1.54, 1.807) is 0 Å². The minimum atomic E-state index is 0.114. The molecule has 1 saturated heterocycles. The first-order chi connectivity index (χ1) is 11.9. The molecule has 1 fully saturated rings. The first kappa shape index (κ1) is 18.0. The summed E-state index contributed by atoms with van der Waals surface area (Å²) in [5, 5.41) is 8.61. The van der Waals surface area contributed by atoms with Crippen molar-refractivity contribution in [3.63, 3.8) is 0 Å². The number of aromatic nitrogens is 2. The average molecular weight is 359 g/mol. The van der Waals surface area contributed by atoms with Crippen LogP contribution >= 0.6 is 11.8 Å². The molecular formula is C19H25N3O2S. The number of amides is 1. The van der Waals surface area contributed by atoms with Crippen molar-refractivity contribution >= 4 is 17.7 Å². The lowest BCUT2D eigenvalue weighted by Crippen LogP contribution is -2.36. The third-order valence-electron chi connectivity index (χ3n) is 4.43. The van der Waals surface area contributed by atoms with Gasteiger partial charge in [-0.2, -0.15) is 0 Å². The smallest absolute Gasteiger partial charge is 0.277 e. The van der Waals surface area contributed by atoms with Crippen molar-refractivity contribution in [1.82, 2.24) is 15.1 Å². The SMILES string of the molecule is CC(C)(C)c1ccc(-c2nnc(SCC(=O)N3CCCCC3)o2)cc1. The molecule has 134 valence electrons. The van der Waals surface area contributed by atoms with Crippen LogP contribution in [0.5, 0.6) is 0 Å². The van der Waals surface area contributed by atoms with E-state index in [0.29, 0.717) is 16.9 Å². The molecule has 5 nitrogen and oxygen atoms in total. The lowest BCUT2D eigenvalue weighted by Gasteiger charge is -2.26. The Kier molecular flexibility index (Phi) is 5.47. The molecule has 0 saturated carbocycles. The van der Waals surface area contributed by atoms with Gasteiger partial charge in [-0.05, 0) is 42.4 Å². The predicted octanol–water partition coefficient (Wildman–Crippen LogP) is 4.14. The van der Waals surface area contributed by atoms with E-state index in [1.165, 1.54) is 23.7 Å². The molecule has 3 rings (SSSR count). The molecule has 0 N–H and O–H groups in total. The summed E-state index contributed by atoms with van der Waals surface area (Å²) in [7, 11) is 0. The number of hydrogen-bond acceptors (Lipinski definition) is 5. The molecule has 2 aromatic rings. The van der Waals surface area contributed by atoms with Crippen molar-refractivity contribution in [3.05, 3.63) is 29.8 Å². The highest BCUT2D eigenvalue weighted by Gasteiger charge is 2.18. The molecule has 0 aliphatic carbocycles. The van der Waals surface area contributed by atoms with Gasteiger partial charge in [-0.1, -0.05) is 44.7 Å². The van der Waals surface area contributed by atoms with Crippen LogP contribution < -0.4 is 0 Å². The summed E-state index contributed by atoms with van der Waals surface area (Å²) < 4.78 is 5.70. The van der Waals surface area contributed by atoms with Crippen molar-refractivity contribution in [1.29, 1.82) is 0 Å². The first-order valence-electron chi connectivity index (χ1n) is 8.78. The van der Waals surface area contributed by atoms with Crippen LogP contribution in [0.15, 0.2) is 33.9 Å². The average Bonchev–Trinajstić information content (AvgIpc) is 3.09. The predicted molar refractivity (Wildman–Crippen MR) is 99.6 cm³/mol. The van der Waals surface area contributed by atoms with Gasteiger partial charge in [0.05, 0.1) is 5.75 Å². The van der Waals surface area contributed by atoms with Crippen LogP contribution in [0.3, 0.4) is 0 Å². The summed E-state index contributed by atoms with van der Waals surface area (Å²) in [6, 6.07) is 8.18. The zero-order valence-electron chi connectivity index (χ0n) is 15.1. The second-order valence-corrected chi connectivity index (χ2v) is 8.36. The summed E-state index contributed by atoms with van der Waals surface area (Å²) >= 11 is 1.31. The second-order valence-electron chi connectivity index (χ2n) is 7.43. The number of piperidine rings is 1. The van der Waals surface area contributed by atoms with E-state index >= 15 is 0 Å². The molecule has 1 aromatic heterocycles. The van der Waals surface area contributed by atoms with Gasteiger partial charge in [-0.25, -0.2) is 0 Å². The number of likely N-dealkylation sites (tertiary alicyclic amines) is 1. The largest absolute Gasteiger partial charge is 0.411 e. The Balaban J connectivity index is 1.59. The van der Waals surface area contributed by atoms with Gasteiger partial charge >= 0.3 is 0 Å². The molecule has 0 bridgehead atoms. The molecule has 2 heterocycles. The second kappa shape index (κ2) is 7.60. The van der Waals surface area contributed by atoms with E-state index in [9.17, 15) is 4.79 Å². The van der Waals surface area contributed by atoms with E-state index in [2.05, 4.69) is 43.1 Å². The standard InChI is InChI=1S/C19H25N3O2S/c1-19(2,3)15-9-7-14(8-10-15)17-20-21-18(24-17)25-13-16(23)22-11-5-4-6-12-22/h7-10H,4-6,11-13H2,1-3H3. The van der Waals surface area contributed by atoms with E-state index < -0.39 is 0 Å². The fourth-order valence-electron chi connectivity index (χ4n) is 2.86. The number of carbonyl (C=O) groups is 1. The summed E-state index contributed by atoms with van der Waals surface area (Å²) in [5.41, 5.74) is 2.27. The highest BCUT2D eigenvalue weighted by molar-refractivity contribution is 7.99. The molecule has 0 unspecified atom stereocenters. The fraction of sp³-hybridized carbons (Fsp3) is 0.526. The summed E-state index contributed by atoms with van der Waals surface area (Å²) in [5.74, 6) is 0.997. The zero-order chi connectivity index (χ0) is 17.9. The highest BCUT2D eigenvalue weighted by atomic mass is 32.2. The van der Waals surface area contributed by atoms with Crippen molar-refractivity contribution in [2.45, 2.75) is 50.7 Å². The fourth-order valence-corrected chi connectivity index (χ4v) is 3.52. The van der Waals surface area contributed by atoms with E-state index in [0.717, 1.165) is 31.5 Å². The molecule has 1 aliphatic rings. The minimum absolute atomic E-state index is 0.114. The molecule has 0 spiro atoms. The van der Waals surface area contributed by atoms with Crippen LogP contribution in [0.4, 0.5) is 0 Å². The van der Waals surface area contributed by atoms with E-state index in [-0.39, 0.29) is 11.3 Å². The van der Waals surface area contributed by atoms with Crippen LogP contribution in [0, 0.1) is 0 Å². The summed E-state index contributed by atoms with van der Waals surface area (Å²) in [6.45, 7) is 8.29. The zero-order valence-corrected chi connectivity index (χ0v) is 15.9. The molecule has 0 atom stereocenters. The van der Waals surface area contributed by atoms with Crippen molar-refractivity contribution < 1.29 is 9.21 Å². The molecule has 1 amide bonds. The van der Waals surface area contributed by atoms with Gasteiger partial charge in [0.25, 0.3) is 5.22 Å². The van der Waals surface area contributed by atoms with E-state index in [1.807, 2.05) is 17.0 Å². The van der Waals surface area contributed by atoms with Crippen LogP contribution in [0.1, 0.15) is 45.6 Å². The van der Waals surface area contributed by atoms with E-state index in [4.69, 9.17) is 4.42 Å². The van der Waals surface area contributed by atoms with Gasteiger partial charge in [-0.3, -0.25) is 4.79 Å². The molecule has 1 aromatic carbocycles. The third kappa shape index (κ3) is 4.63. The molecule has 0 radical (unpaired) electrons. The number of rotatable bonds is 4. The van der Waals surface area contributed by atoms with Gasteiger partial charge < -0.3 is 9.32 Å². The Labute approximate surface area is 153 Å². The number of hydrogen-bond donors (Lipinski definition) is 0. The monoisotopic (exact) mass is 359 g/mol. The maximum absolute atomic E-state index is 12.2. The summed E-state index contributed by atoms with van der Waals surface area (Å²) in [4.78, 5) is 14.1. The van der Waals surface area contributed by atoms with Crippen LogP contribution in [-0.4, -0.2) is 39.8 Å². The van der Waals surface area contributed by atoms with Crippen LogP contribution in [0.25, 0.3) is 11.5 Å². The van der Waals surface area contributed by atoms with Crippen molar-refractivity contribution in [2.75, 3.05) is 18.8 Å².